The Labute approximate surface area is 356 Å². The lowest BCUT2D eigenvalue weighted by Gasteiger charge is -2.41. The Morgan fingerprint density at radius 1 is 0.305 bits per heavy atom. The average Bonchev–Trinajstić information content (AvgIpc) is 3.61. The zero-order chi connectivity index (χ0) is 40.1. The van der Waals surface area contributed by atoms with E-state index in [0.29, 0.717) is 0 Å². The van der Waals surface area contributed by atoms with E-state index in [2.05, 4.69) is 220 Å². The third-order valence-corrected chi connectivity index (χ3v) is 23.7. The van der Waals surface area contributed by atoms with Crippen molar-refractivity contribution >= 4 is 58.0 Å². The van der Waals surface area contributed by atoms with Gasteiger partial charge in [-0.05, 0) is 79.4 Å². The van der Waals surface area contributed by atoms with Crippen molar-refractivity contribution in [2.24, 2.45) is 0 Å². The van der Waals surface area contributed by atoms with Crippen LogP contribution in [0.3, 0.4) is 0 Å². The quantitative estimate of drug-likeness (QED) is 0.0960. The molecule has 0 N–H and O–H groups in total. The van der Waals surface area contributed by atoms with Crippen molar-refractivity contribution in [3.63, 3.8) is 0 Å². The second-order valence-corrected chi connectivity index (χ2v) is 26.4. The highest BCUT2D eigenvalue weighted by atomic mass is 32.1. The molecule has 0 radical (unpaired) electrons. The maximum atomic E-state index is 2.78. The number of hydrogen-bond acceptors (Lipinski definition) is 1. The van der Waals surface area contributed by atoms with E-state index in [-0.39, 0.29) is 0 Å². The van der Waals surface area contributed by atoms with Crippen LogP contribution in [0.2, 0.25) is 0 Å². The Balaban J connectivity index is 1.43. The number of rotatable bonds is 14. The van der Waals surface area contributed by atoms with Gasteiger partial charge in [-0.3, -0.25) is 0 Å². The van der Waals surface area contributed by atoms with Gasteiger partial charge in [-0.2, -0.15) is 0 Å². The summed E-state index contributed by atoms with van der Waals surface area (Å²) in [7, 11) is -5.11. The van der Waals surface area contributed by atoms with Crippen molar-refractivity contribution in [2.45, 2.75) is 50.1 Å². The first-order valence-electron chi connectivity index (χ1n) is 21.2. The molecule has 9 aromatic rings. The monoisotopic (exact) mass is 812 g/mol. The average molecular weight is 813 g/mol. The standard InChI is InChI=1S/C56H52SSi2/c1-43-33-51-52-35-55(58(37-45-21-9-3-10-22-45,38-46-23-11-4-12-24-46)39-47-25-13-5-14-26-47)56(36-54(52)57-53(51)34-44(43)2)59(40-48-27-15-6-16-28-48,41-49-29-17-7-18-30-49)42-50-31-19-8-20-32-50/h3-36H,37-42H2,1-2H3. The molecule has 59 heavy (non-hydrogen) atoms. The van der Waals surface area contributed by atoms with Gasteiger partial charge in [0.15, 0.2) is 0 Å². The maximum Gasteiger partial charge on any atom is 0.0995 e. The molecule has 3 heteroatoms. The first-order chi connectivity index (χ1) is 29.0. The van der Waals surface area contributed by atoms with Gasteiger partial charge in [0.25, 0.3) is 0 Å². The van der Waals surface area contributed by atoms with E-state index < -0.39 is 16.1 Å². The largest absolute Gasteiger partial charge is 0.135 e. The van der Waals surface area contributed by atoms with Gasteiger partial charge in [0.05, 0.1) is 16.1 Å². The van der Waals surface area contributed by atoms with Crippen molar-refractivity contribution in [2.75, 3.05) is 0 Å². The molecule has 0 nitrogen and oxygen atoms in total. The van der Waals surface area contributed by atoms with E-state index in [9.17, 15) is 0 Å². The minimum Gasteiger partial charge on any atom is -0.135 e. The Bertz CT molecular complexity index is 2560. The van der Waals surface area contributed by atoms with Crippen molar-refractivity contribution in [1.82, 2.24) is 0 Å². The van der Waals surface area contributed by atoms with Crippen molar-refractivity contribution < 1.29 is 0 Å². The van der Waals surface area contributed by atoms with Gasteiger partial charge in [0.1, 0.15) is 0 Å². The topological polar surface area (TPSA) is 0 Å². The fourth-order valence-electron chi connectivity index (χ4n) is 9.82. The predicted octanol–water partition coefficient (Wildman–Crippen LogP) is 12.7. The number of benzene rings is 8. The number of fused-ring (bicyclic) bond motifs is 3. The third-order valence-electron chi connectivity index (χ3n) is 12.7. The van der Waals surface area contributed by atoms with Crippen LogP contribution in [-0.4, -0.2) is 16.1 Å². The maximum absolute atomic E-state index is 2.78. The summed E-state index contributed by atoms with van der Waals surface area (Å²) >= 11 is 2.00. The zero-order valence-electron chi connectivity index (χ0n) is 34.3. The molecule has 290 valence electrons. The van der Waals surface area contributed by atoms with Crippen LogP contribution in [0.1, 0.15) is 44.5 Å². The Hall–Kier alpha value is -5.59. The molecule has 0 amide bonds. The molecule has 0 saturated carbocycles. The van der Waals surface area contributed by atoms with Crippen LogP contribution in [0.15, 0.2) is 206 Å². The van der Waals surface area contributed by atoms with E-state index in [1.165, 1.54) is 64.7 Å². The molecule has 0 aliphatic carbocycles. The summed E-state index contributed by atoms with van der Waals surface area (Å²) < 4.78 is 2.82. The molecule has 1 heterocycles. The first-order valence-corrected chi connectivity index (χ1v) is 27.2. The molecule has 0 atom stereocenters. The van der Waals surface area contributed by atoms with Crippen LogP contribution in [-0.2, 0) is 36.3 Å². The molecule has 0 saturated heterocycles. The summed E-state index contributed by atoms with van der Waals surface area (Å²) in [6, 6.07) is 85.7. The summed E-state index contributed by atoms with van der Waals surface area (Å²) in [6.07, 6.45) is 0. The molecular formula is C56H52SSi2. The zero-order valence-corrected chi connectivity index (χ0v) is 37.1. The van der Waals surface area contributed by atoms with Gasteiger partial charge in [0, 0.05) is 20.2 Å². The molecule has 9 rings (SSSR count). The SMILES string of the molecule is Cc1cc2sc3cc([Si](Cc4ccccc4)(Cc4ccccc4)Cc4ccccc4)c([Si](Cc4ccccc4)(Cc4ccccc4)Cc4ccccc4)cc3c2cc1C. The van der Waals surface area contributed by atoms with Crippen LogP contribution in [0.4, 0.5) is 0 Å². The minimum absolute atomic E-state index is 1.07. The normalized spacial score (nSPS) is 12.0. The number of hydrogen-bond donors (Lipinski definition) is 0. The van der Waals surface area contributed by atoms with E-state index >= 15 is 0 Å². The van der Waals surface area contributed by atoms with Gasteiger partial charge in [-0.1, -0.05) is 232 Å². The smallest absolute Gasteiger partial charge is 0.0995 e. The minimum atomic E-state index is -2.56. The van der Waals surface area contributed by atoms with Crippen LogP contribution in [0.5, 0.6) is 0 Å². The summed E-state index contributed by atoms with van der Waals surface area (Å²) in [4.78, 5) is 0. The summed E-state index contributed by atoms with van der Waals surface area (Å²) in [5.41, 5.74) is 11.4. The van der Waals surface area contributed by atoms with Crippen LogP contribution >= 0.6 is 11.3 Å². The highest BCUT2D eigenvalue weighted by Crippen LogP contribution is 2.37. The first kappa shape index (κ1) is 38.9. The Morgan fingerprint density at radius 2 is 0.559 bits per heavy atom. The predicted molar refractivity (Wildman–Crippen MR) is 260 cm³/mol. The van der Waals surface area contributed by atoms with Gasteiger partial charge in [-0.25, -0.2) is 0 Å². The molecule has 1 aromatic heterocycles. The van der Waals surface area contributed by atoms with Gasteiger partial charge in [0.2, 0.25) is 0 Å². The molecule has 0 spiro atoms. The Kier molecular flexibility index (Phi) is 11.4. The summed E-state index contributed by atoms with van der Waals surface area (Å²) in [6.45, 7) is 4.55. The fourth-order valence-corrected chi connectivity index (χ4v) is 22.9. The van der Waals surface area contributed by atoms with Crippen LogP contribution < -0.4 is 10.4 Å². The molecule has 0 unspecified atom stereocenters. The van der Waals surface area contributed by atoms with Crippen LogP contribution in [0.25, 0.3) is 20.2 Å². The molecule has 0 fully saturated rings. The second-order valence-electron chi connectivity index (χ2n) is 17.0. The fraction of sp³-hybridized carbons (Fsp3) is 0.143. The molecule has 0 aliphatic rings. The third kappa shape index (κ3) is 8.61. The number of aryl methyl sites for hydroxylation is 2. The van der Waals surface area contributed by atoms with Crippen molar-refractivity contribution in [3.05, 3.63) is 251 Å². The van der Waals surface area contributed by atoms with Crippen LogP contribution in [0, 0.1) is 13.8 Å². The molecule has 0 aliphatic heterocycles. The summed E-state index contributed by atoms with van der Waals surface area (Å²) in [5, 5.41) is 6.19. The second kappa shape index (κ2) is 17.3. The van der Waals surface area contributed by atoms with Gasteiger partial charge < -0.3 is 0 Å². The lowest BCUT2D eigenvalue weighted by Crippen LogP contribution is -2.69. The molecule has 8 aromatic carbocycles. The van der Waals surface area contributed by atoms with E-state index in [1.54, 1.807) is 10.4 Å². The number of thiophene rings is 1. The van der Waals surface area contributed by atoms with Gasteiger partial charge in [-0.15, -0.1) is 11.3 Å². The highest BCUT2D eigenvalue weighted by Gasteiger charge is 2.45. The molecule has 0 bridgehead atoms. The van der Waals surface area contributed by atoms with Crippen molar-refractivity contribution in [1.29, 1.82) is 0 Å². The molecular weight excluding hydrogens is 761 g/mol. The van der Waals surface area contributed by atoms with E-state index in [4.69, 9.17) is 0 Å². The van der Waals surface area contributed by atoms with E-state index in [0.717, 1.165) is 36.3 Å². The highest BCUT2D eigenvalue weighted by molar-refractivity contribution is 7.26. The lowest BCUT2D eigenvalue weighted by molar-refractivity contribution is 1.14. The van der Waals surface area contributed by atoms with Gasteiger partial charge >= 0.3 is 0 Å². The Morgan fingerprint density at radius 3 is 0.881 bits per heavy atom. The van der Waals surface area contributed by atoms with E-state index in [1.807, 2.05) is 11.3 Å². The lowest BCUT2D eigenvalue weighted by atomic mass is 10.1. The van der Waals surface area contributed by atoms with Crippen molar-refractivity contribution in [3.8, 4) is 0 Å². The summed E-state index contributed by atoms with van der Waals surface area (Å²) in [5.74, 6) is 0.